The van der Waals surface area contributed by atoms with Crippen molar-refractivity contribution >= 4 is 11.6 Å². The Hall–Kier alpha value is -3.48. The molecule has 1 aromatic heterocycles. The highest BCUT2D eigenvalue weighted by molar-refractivity contribution is 5.79. The largest absolute Gasteiger partial charge is 0.459 e. The molecule has 0 aliphatic carbocycles. The third kappa shape index (κ3) is 4.13. The third-order valence-electron chi connectivity index (χ3n) is 3.79. The average molecular weight is 354 g/mol. The molecule has 0 saturated carbocycles. The van der Waals surface area contributed by atoms with Gasteiger partial charge in [-0.2, -0.15) is 0 Å². The second-order valence-electron chi connectivity index (χ2n) is 5.61. The standard InChI is InChI=1S/C19H15FN2O4/c20-15-7-5-13(6-8-15)18-10-9-16(26-18)12-21-19(23)11-14-3-1-2-4-17(14)22(24)25/h1-10H,11-12H2,(H,21,23). The number of rotatable bonds is 6. The number of halogens is 1. The van der Waals surface area contributed by atoms with Gasteiger partial charge < -0.3 is 9.73 Å². The Morgan fingerprint density at radius 2 is 1.81 bits per heavy atom. The number of nitrogens with one attached hydrogen (secondary N) is 1. The molecule has 0 bridgehead atoms. The molecule has 0 aliphatic rings. The van der Waals surface area contributed by atoms with Crippen molar-refractivity contribution in [3.63, 3.8) is 0 Å². The molecular formula is C19H15FN2O4. The van der Waals surface area contributed by atoms with Crippen molar-refractivity contribution in [1.29, 1.82) is 0 Å². The van der Waals surface area contributed by atoms with Crippen molar-refractivity contribution in [2.24, 2.45) is 0 Å². The van der Waals surface area contributed by atoms with Crippen LogP contribution in [0, 0.1) is 15.9 Å². The molecule has 132 valence electrons. The lowest BCUT2D eigenvalue weighted by Crippen LogP contribution is -2.24. The molecule has 0 radical (unpaired) electrons. The molecule has 0 spiro atoms. The zero-order chi connectivity index (χ0) is 18.5. The first kappa shape index (κ1) is 17.3. The van der Waals surface area contributed by atoms with Gasteiger partial charge in [0, 0.05) is 17.2 Å². The minimum Gasteiger partial charge on any atom is -0.459 e. The topological polar surface area (TPSA) is 85.4 Å². The Kier molecular flexibility index (Phi) is 5.07. The van der Waals surface area contributed by atoms with E-state index in [0.717, 1.165) is 5.56 Å². The molecule has 0 aliphatic heterocycles. The number of para-hydroxylation sites is 1. The van der Waals surface area contributed by atoms with E-state index in [2.05, 4.69) is 5.32 Å². The van der Waals surface area contributed by atoms with Gasteiger partial charge in [-0.05, 0) is 36.4 Å². The number of hydrogen-bond acceptors (Lipinski definition) is 4. The summed E-state index contributed by atoms with van der Waals surface area (Å²) < 4.78 is 18.6. The SMILES string of the molecule is O=C(Cc1ccccc1[N+](=O)[O-])NCc1ccc(-c2ccc(F)cc2)o1. The highest BCUT2D eigenvalue weighted by atomic mass is 19.1. The zero-order valence-corrected chi connectivity index (χ0v) is 13.6. The fourth-order valence-corrected chi connectivity index (χ4v) is 2.50. The molecule has 1 N–H and O–H groups in total. The summed E-state index contributed by atoms with van der Waals surface area (Å²) >= 11 is 0. The van der Waals surface area contributed by atoms with Crippen molar-refractivity contribution in [3.8, 4) is 11.3 Å². The predicted molar refractivity (Wildman–Crippen MR) is 92.7 cm³/mol. The quantitative estimate of drug-likeness (QED) is 0.538. The van der Waals surface area contributed by atoms with Crippen LogP contribution in [0.15, 0.2) is 65.1 Å². The Balaban J connectivity index is 1.60. The second-order valence-corrected chi connectivity index (χ2v) is 5.61. The van der Waals surface area contributed by atoms with Crippen molar-refractivity contribution in [3.05, 3.63) is 87.9 Å². The first-order valence-electron chi connectivity index (χ1n) is 7.86. The zero-order valence-electron chi connectivity index (χ0n) is 13.6. The Labute approximate surface area is 148 Å². The smallest absolute Gasteiger partial charge is 0.273 e. The third-order valence-corrected chi connectivity index (χ3v) is 3.79. The number of furan rings is 1. The molecule has 2 aromatic carbocycles. The highest BCUT2D eigenvalue weighted by Crippen LogP contribution is 2.22. The number of carbonyl (C=O) groups excluding carboxylic acids is 1. The lowest BCUT2D eigenvalue weighted by molar-refractivity contribution is -0.385. The summed E-state index contributed by atoms with van der Waals surface area (Å²) in [4.78, 5) is 22.5. The van der Waals surface area contributed by atoms with Gasteiger partial charge in [0.15, 0.2) is 0 Å². The van der Waals surface area contributed by atoms with Gasteiger partial charge in [-0.3, -0.25) is 14.9 Å². The van der Waals surface area contributed by atoms with Gasteiger partial charge in [-0.1, -0.05) is 18.2 Å². The molecule has 0 saturated heterocycles. The van der Waals surface area contributed by atoms with Crippen LogP contribution in [0.2, 0.25) is 0 Å². The fourth-order valence-electron chi connectivity index (χ4n) is 2.50. The van der Waals surface area contributed by atoms with E-state index in [9.17, 15) is 19.3 Å². The molecule has 0 unspecified atom stereocenters. The fraction of sp³-hybridized carbons (Fsp3) is 0.105. The van der Waals surface area contributed by atoms with Crippen LogP contribution in [0.25, 0.3) is 11.3 Å². The number of nitrogens with zero attached hydrogens (tertiary/aromatic N) is 1. The minimum absolute atomic E-state index is 0.0840. The van der Waals surface area contributed by atoms with E-state index < -0.39 is 4.92 Å². The maximum Gasteiger partial charge on any atom is 0.273 e. The average Bonchev–Trinajstić information content (AvgIpc) is 3.10. The molecule has 26 heavy (non-hydrogen) atoms. The van der Waals surface area contributed by atoms with E-state index in [0.29, 0.717) is 17.1 Å². The van der Waals surface area contributed by atoms with Gasteiger partial charge in [0.2, 0.25) is 5.91 Å². The second kappa shape index (κ2) is 7.60. The number of amides is 1. The highest BCUT2D eigenvalue weighted by Gasteiger charge is 2.15. The Bertz CT molecular complexity index is 935. The summed E-state index contributed by atoms with van der Waals surface area (Å²) in [5.41, 5.74) is 0.990. The van der Waals surface area contributed by atoms with Crippen LogP contribution in [0.5, 0.6) is 0 Å². The molecule has 0 fully saturated rings. The first-order valence-corrected chi connectivity index (χ1v) is 7.86. The monoisotopic (exact) mass is 354 g/mol. The predicted octanol–water partition coefficient (Wildman–Crippen LogP) is 3.85. The van der Waals surface area contributed by atoms with Crippen molar-refractivity contribution in [2.75, 3.05) is 0 Å². The van der Waals surface area contributed by atoms with E-state index in [1.807, 2.05) is 0 Å². The molecule has 7 heteroatoms. The van der Waals surface area contributed by atoms with Gasteiger partial charge in [0.25, 0.3) is 5.69 Å². The lowest BCUT2D eigenvalue weighted by Gasteiger charge is -2.04. The molecule has 3 aromatic rings. The van der Waals surface area contributed by atoms with E-state index in [-0.39, 0.29) is 30.4 Å². The van der Waals surface area contributed by atoms with Crippen molar-refractivity contribution < 1.29 is 18.5 Å². The van der Waals surface area contributed by atoms with Gasteiger partial charge >= 0.3 is 0 Å². The summed E-state index contributed by atoms with van der Waals surface area (Å²) in [6.45, 7) is 0.153. The van der Waals surface area contributed by atoms with Crippen LogP contribution >= 0.6 is 0 Å². The number of hydrogen-bond donors (Lipinski definition) is 1. The van der Waals surface area contributed by atoms with Gasteiger partial charge in [0.05, 0.1) is 17.9 Å². The number of benzene rings is 2. The summed E-state index contributed by atoms with van der Waals surface area (Å²) in [5, 5.41) is 13.6. The Morgan fingerprint density at radius 1 is 1.08 bits per heavy atom. The summed E-state index contributed by atoms with van der Waals surface area (Å²) in [5.74, 6) is 0.412. The molecule has 0 atom stereocenters. The van der Waals surface area contributed by atoms with Gasteiger partial charge in [-0.25, -0.2) is 4.39 Å². The minimum atomic E-state index is -0.510. The molecule has 3 rings (SSSR count). The lowest BCUT2D eigenvalue weighted by atomic mass is 10.1. The van der Waals surface area contributed by atoms with Crippen LogP contribution in [-0.2, 0) is 17.8 Å². The van der Waals surface area contributed by atoms with Gasteiger partial charge in [-0.15, -0.1) is 0 Å². The van der Waals surface area contributed by atoms with E-state index >= 15 is 0 Å². The molecule has 1 heterocycles. The summed E-state index contributed by atoms with van der Waals surface area (Å²) in [7, 11) is 0. The van der Waals surface area contributed by atoms with Crippen LogP contribution in [-0.4, -0.2) is 10.8 Å². The van der Waals surface area contributed by atoms with E-state index in [4.69, 9.17) is 4.42 Å². The Morgan fingerprint density at radius 3 is 2.54 bits per heavy atom. The van der Waals surface area contributed by atoms with Crippen LogP contribution in [0.3, 0.4) is 0 Å². The first-order chi connectivity index (χ1) is 12.5. The number of nitro benzene ring substituents is 1. The maximum atomic E-state index is 13.0. The van der Waals surface area contributed by atoms with Gasteiger partial charge in [0.1, 0.15) is 17.3 Å². The molecular weight excluding hydrogens is 339 g/mol. The van der Waals surface area contributed by atoms with Crippen LogP contribution < -0.4 is 5.32 Å². The van der Waals surface area contributed by atoms with Crippen LogP contribution in [0.1, 0.15) is 11.3 Å². The number of nitro groups is 1. The maximum absolute atomic E-state index is 13.0. The van der Waals surface area contributed by atoms with E-state index in [1.54, 1.807) is 42.5 Å². The van der Waals surface area contributed by atoms with Crippen LogP contribution in [0.4, 0.5) is 10.1 Å². The summed E-state index contributed by atoms with van der Waals surface area (Å²) in [6.07, 6.45) is -0.0946. The molecule has 6 nitrogen and oxygen atoms in total. The summed E-state index contributed by atoms with van der Waals surface area (Å²) in [6, 6.07) is 15.5. The van der Waals surface area contributed by atoms with Crippen molar-refractivity contribution in [1.82, 2.24) is 5.32 Å². The normalized spacial score (nSPS) is 10.5. The van der Waals surface area contributed by atoms with Crippen molar-refractivity contribution in [2.45, 2.75) is 13.0 Å². The molecule has 1 amide bonds. The number of carbonyl (C=O) groups is 1. The van der Waals surface area contributed by atoms with E-state index in [1.165, 1.54) is 18.2 Å².